The van der Waals surface area contributed by atoms with E-state index in [0.29, 0.717) is 12.2 Å². The van der Waals surface area contributed by atoms with Gasteiger partial charge in [0.15, 0.2) is 6.29 Å². The maximum atomic E-state index is 6.03. The monoisotopic (exact) mass is 375 g/mol. The van der Waals surface area contributed by atoms with Crippen LogP contribution >= 0.6 is 7.26 Å². The molecule has 3 heteroatoms. The van der Waals surface area contributed by atoms with E-state index in [9.17, 15) is 0 Å². The smallest absolute Gasteiger partial charge is 0.162 e. The zero-order valence-corrected chi connectivity index (χ0v) is 16.2. The molecule has 0 radical (unpaired) electrons. The number of benzene rings is 3. The van der Waals surface area contributed by atoms with Gasteiger partial charge in [0, 0.05) is 12.8 Å². The van der Waals surface area contributed by atoms with E-state index in [4.69, 9.17) is 9.47 Å². The minimum Gasteiger partial charge on any atom is -0.346 e. The number of ether oxygens (including phenoxy) is 2. The van der Waals surface area contributed by atoms with Crippen LogP contribution < -0.4 is 15.9 Å². The first kappa shape index (κ1) is 17.1. The average Bonchev–Trinajstić information content (AvgIpc) is 3.36. The van der Waals surface area contributed by atoms with E-state index in [1.54, 1.807) is 0 Å². The van der Waals surface area contributed by atoms with E-state index in [2.05, 4.69) is 91.0 Å². The van der Waals surface area contributed by atoms with Gasteiger partial charge in [0.1, 0.15) is 23.2 Å². The normalized spacial score (nSPS) is 23.8. The minimum absolute atomic E-state index is 0.0516. The lowest BCUT2D eigenvalue weighted by molar-refractivity contribution is -0.0868. The Hall–Kier alpha value is -1.99. The number of hydrogen-bond acceptors (Lipinski definition) is 2. The molecule has 2 nitrogen and oxygen atoms in total. The second-order valence-electron chi connectivity index (χ2n) is 7.34. The van der Waals surface area contributed by atoms with Crippen LogP contribution in [-0.4, -0.2) is 24.7 Å². The van der Waals surface area contributed by atoms with Crippen molar-refractivity contribution in [3.63, 3.8) is 0 Å². The molecule has 3 atom stereocenters. The summed E-state index contributed by atoms with van der Waals surface area (Å²) in [5.74, 6) is 0. The van der Waals surface area contributed by atoms with Crippen LogP contribution in [0.5, 0.6) is 0 Å². The van der Waals surface area contributed by atoms with Gasteiger partial charge in [-0.3, -0.25) is 0 Å². The molecular formula is C24H24O2P+. The zero-order valence-electron chi connectivity index (χ0n) is 15.3. The van der Waals surface area contributed by atoms with Crippen molar-refractivity contribution in [2.45, 2.75) is 31.3 Å². The summed E-state index contributed by atoms with van der Waals surface area (Å²) in [6, 6.07) is 33.0. The molecule has 0 amide bonds. The lowest BCUT2D eigenvalue weighted by Gasteiger charge is -2.28. The Morgan fingerprint density at radius 3 is 1.44 bits per heavy atom. The molecule has 5 rings (SSSR count). The molecule has 0 spiro atoms. The van der Waals surface area contributed by atoms with Crippen LogP contribution in [0.3, 0.4) is 0 Å². The summed E-state index contributed by atoms with van der Waals surface area (Å²) in [6.45, 7) is 0. The van der Waals surface area contributed by atoms with E-state index in [-0.39, 0.29) is 6.29 Å². The summed E-state index contributed by atoms with van der Waals surface area (Å²) < 4.78 is 12.1. The molecule has 1 heterocycles. The van der Waals surface area contributed by atoms with Crippen molar-refractivity contribution in [1.29, 1.82) is 0 Å². The van der Waals surface area contributed by atoms with Crippen molar-refractivity contribution in [2.24, 2.45) is 0 Å². The Labute approximate surface area is 161 Å². The second-order valence-corrected chi connectivity index (χ2v) is 11.0. The van der Waals surface area contributed by atoms with Crippen LogP contribution in [0.2, 0.25) is 0 Å². The van der Waals surface area contributed by atoms with E-state index < -0.39 is 7.26 Å². The lowest BCUT2D eigenvalue weighted by Crippen LogP contribution is -2.34. The van der Waals surface area contributed by atoms with Gasteiger partial charge in [0.25, 0.3) is 0 Å². The van der Waals surface area contributed by atoms with Crippen molar-refractivity contribution in [3.05, 3.63) is 91.0 Å². The van der Waals surface area contributed by atoms with Gasteiger partial charge in [-0.15, -0.1) is 0 Å². The SMILES string of the molecule is c1ccc([P+](CCC2O[C@H]3C[C@H]3O2)(c2ccccc2)c2ccccc2)cc1. The fourth-order valence-electron chi connectivity index (χ4n) is 4.18. The maximum absolute atomic E-state index is 6.03. The van der Waals surface area contributed by atoms with Gasteiger partial charge in [-0.1, -0.05) is 54.6 Å². The maximum Gasteiger partial charge on any atom is 0.162 e. The van der Waals surface area contributed by atoms with Gasteiger partial charge in [-0.25, -0.2) is 0 Å². The van der Waals surface area contributed by atoms with E-state index in [1.165, 1.54) is 15.9 Å². The van der Waals surface area contributed by atoms with Crippen LogP contribution in [0.25, 0.3) is 0 Å². The van der Waals surface area contributed by atoms with Gasteiger partial charge >= 0.3 is 0 Å². The van der Waals surface area contributed by atoms with Crippen molar-refractivity contribution in [3.8, 4) is 0 Å². The molecular weight excluding hydrogens is 351 g/mol. The second kappa shape index (κ2) is 7.20. The molecule has 1 saturated heterocycles. The Bertz CT molecular complexity index is 775. The Balaban J connectivity index is 1.59. The predicted molar refractivity (Wildman–Crippen MR) is 113 cm³/mol. The number of hydrogen-bond donors (Lipinski definition) is 0. The first-order valence-corrected chi connectivity index (χ1v) is 11.7. The molecule has 136 valence electrons. The highest BCUT2D eigenvalue weighted by Crippen LogP contribution is 2.56. The van der Waals surface area contributed by atoms with Crippen molar-refractivity contribution < 1.29 is 9.47 Å². The molecule has 1 unspecified atom stereocenters. The first-order chi connectivity index (χ1) is 13.4. The van der Waals surface area contributed by atoms with Gasteiger partial charge in [-0.05, 0) is 36.4 Å². The molecule has 2 aliphatic rings. The molecule has 27 heavy (non-hydrogen) atoms. The topological polar surface area (TPSA) is 18.5 Å². The summed E-state index contributed by atoms with van der Waals surface area (Å²) in [5.41, 5.74) is 0. The predicted octanol–water partition coefficient (Wildman–Crippen LogP) is 3.88. The van der Waals surface area contributed by atoms with E-state index in [1.807, 2.05) is 0 Å². The van der Waals surface area contributed by atoms with E-state index >= 15 is 0 Å². The summed E-state index contributed by atoms with van der Waals surface area (Å²) in [4.78, 5) is 0. The Morgan fingerprint density at radius 1 is 0.630 bits per heavy atom. The van der Waals surface area contributed by atoms with Crippen LogP contribution in [0.1, 0.15) is 12.8 Å². The van der Waals surface area contributed by atoms with Crippen molar-refractivity contribution in [1.82, 2.24) is 0 Å². The number of rotatable bonds is 6. The molecule has 3 aromatic carbocycles. The molecule has 0 bridgehead atoms. The third kappa shape index (κ3) is 3.23. The van der Waals surface area contributed by atoms with Gasteiger partial charge in [-0.2, -0.15) is 0 Å². The van der Waals surface area contributed by atoms with Crippen LogP contribution in [0, 0.1) is 0 Å². The highest BCUT2D eigenvalue weighted by molar-refractivity contribution is 7.95. The molecule has 1 aliphatic carbocycles. The van der Waals surface area contributed by atoms with Crippen LogP contribution in [0.15, 0.2) is 91.0 Å². The first-order valence-electron chi connectivity index (χ1n) is 9.72. The van der Waals surface area contributed by atoms with Crippen LogP contribution in [0.4, 0.5) is 0 Å². The lowest BCUT2D eigenvalue weighted by atomic mass is 10.3. The molecule has 0 N–H and O–H groups in total. The van der Waals surface area contributed by atoms with Gasteiger partial charge in [0.05, 0.1) is 18.4 Å². The van der Waals surface area contributed by atoms with Gasteiger partial charge in [0.2, 0.25) is 0 Å². The molecule has 1 saturated carbocycles. The van der Waals surface area contributed by atoms with Crippen molar-refractivity contribution >= 4 is 23.2 Å². The summed E-state index contributed by atoms with van der Waals surface area (Å²) in [7, 11) is -1.77. The van der Waals surface area contributed by atoms with Crippen LogP contribution in [-0.2, 0) is 9.47 Å². The highest BCUT2D eigenvalue weighted by Gasteiger charge is 2.51. The minimum atomic E-state index is -1.77. The fraction of sp³-hybridized carbons (Fsp3) is 0.250. The molecule has 0 aromatic heterocycles. The molecule has 2 fully saturated rings. The Kier molecular flexibility index (Phi) is 4.57. The third-order valence-corrected chi connectivity index (χ3v) is 10.1. The Morgan fingerprint density at radius 2 is 1.04 bits per heavy atom. The highest BCUT2D eigenvalue weighted by atomic mass is 31.2. The summed E-state index contributed by atoms with van der Waals surface area (Å²) in [5, 5.41) is 4.27. The zero-order chi connectivity index (χ0) is 18.1. The largest absolute Gasteiger partial charge is 0.346 e. The standard InChI is InChI=1S/C24H24O2P/c1-4-10-19(11-5-1)27(20-12-6-2-7-13-20,21-14-8-3-9-15-21)17-16-24-25-22-18-23(22)26-24/h1-15,22-24H,16-18H2/q+1/t22-,23+,24?. The summed E-state index contributed by atoms with van der Waals surface area (Å²) >= 11 is 0. The van der Waals surface area contributed by atoms with E-state index in [0.717, 1.165) is 19.0 Å². The van der Waals surface area contributed by atoms with Crippen molar-refractivity contribution in [2.75, 3.05) is 6.16 Å². The van der Waals surface area contributed by atoms with Gasteiger partial charge < -0.3 is 9.47 Å². The fourth-order valence-corrected chi connectivity index (χ4v) is 8.49. The summed E-state index contributed by atoms with van der Waals surface area (Å²) in [6.07, 6.45) is 3.71. The molecule has 1 aliphatic heterocycles. The third-order valence-electron chi connectivity index (χ3n) is 5.62. The quantitative estimate of drug-likeness (QED) is 0.609. The average molecular weight is 375 g/mol. The number of fused-ring (bicyclic) bond motifs is 1. The molecule has 3 aromatic rings.